The Labute approximate surface area is 241 Å². The van der Waals surface area contributed by atoms with Crippen LogP contribution in [0.3, 0.4) is 0 Å². The molecule has 0 amide bonds. The van der Waals surface area contributed by atoms with Gasteiger partial charge in [0.05, 0.1) is 11.2 Å². The van der Waals surface area contributed by atoms with Gasteiger partial charge in [-0.3, -0.25) is 14.4 Å². The van der Waals surface area contributed by atoms with Crippen LogP contribution in [0, 0.1) is 17.3 Å². The minimum absolute atomic E-state index is 0.0171. The maximum absolute atomic E-state index is 13.3. The van der Waals surface area contributed by atoms with Gasteiger partial charge in [-0.1, -0.05) is 44.2 Å². The van der Waals surface area contributed by atoms with E-state index in [9.17, 15) is 19.2 Å². The maximum Gasteiger partial charge on any atom is 0.331 e. The number of hydrogen-bond donors (Lipinski definition) is 0. The third-order valence-corrected chi connectivity index (χ3v) is 9.08. The van der Waals surface area contributed by atoms with Crippen LogP contribution in [0.2, 0.25) is 0 Å². The van der Waals surface area contributed by atoms with Crippen molar-refractivity contribution >= 4 is 30.0 Å². The normalized spacial score (nSPS) is 33.5. The molecule has 224 valence electrons. The second kappa shape index (κ2) is 12.0. The summed E-state index contributed by atoms with van der Waals surface area (Å²) >= 11 is 0. The molecule has 1 aliphatic heterocycles. The Balaban J connectivity index is 1.83. The van der Waals surface area contributed by atoms with E-state index in [0.717, 1.165) is 5.56 Å². The van der Waals surface area contributed by atoms with Gasteiger partial charge < -0.3 is 23.7 Å². The summed E-state index contributed by atoms with van der Waals surface area (Å²) in [7, 11) is 0. The molecule has 1 aromatic rings. The first-order valence-electron chi connectivity index (χ1n) is 14.5. The van der Waals surface area contributed by atoms with Gasteiger partial charge in [0, 0.05) is 26.3 Å². The lowest BCUT2D eigenvalue weighted by molar-refractivity contribution is -0.300. The van der Waals surface area contributed by atoms with Crippen molar-refractivity contribution in [2.75, 3.05) is 6.61 Å². The molecule has 2 bridgehead atoms. The molecular weight excluding hydrogens is 528 g/mol. The van der Waals surface area contributed by atoms with Gasteiger partial charge in [0.2, 0.25) is 0 Å². The zero-order valence-electron chi connectivity index (χ0n) is 24.8. The fraction of sp³-hybridized carbons (Fsp3) is 0.625. The van der Waals surface area contributed by atoms with Crippen molar-refractivity contribution in [2.45, 2.75) is 103 Å². The number of esters is 4. The number of carbonyl (C=O) groups is 4. The first-order valence-corrected chi connectivity index (χ1v) is 14.5. The van der Waals surface area contributed by atoms with Gasteiger partial charge in [-0.15, -0.1) is 0 Å². The van der Waals surface area contributed by atoms with E-state index in [4.69, 9.17) is 23.7 Å². The summed E-state index contributed by atoms with van der Waals surface area (Å²) in [5.41, 5.74) is -2.09. The van der Waals surface area contributed by atoms with Crippen LogP contribution in [0.4, 0.5) is 0 Å². The summed E-state index contributed by atoms with van der Waals surface area (Å²) in [6.07, 6.45) is 2.36. The first-order chi connectivity index (χ1) is 19.3. The molecule has 9 nitrogen and oxygen atoms in total. The van der Waals surface area contributed by atoms with Crippen molar-refractivity contribution in [3.63, 3.8) is 0 Å². The number of benzene rings is 1. The second-order valence-electron chi connectivity index (χ2n) is 12.2. The van der Waals surface area contributed by atoms with E-state index in [2.05, 4.69) is 0 Å². The van der Waals surface area contributed by atoms with Crippen LogP contribution >= 0.6 is 0 Å². The number of fused-ring (bicyclic) bond motifs is 1. The van der Waals surface area contributed by atoms with E-state index in [0.29, 0.717) is 25.7 Å². The Morgan fingerprint density at radius 2 is 1.71 bits per heavy atom. The third-order valence-electron chi connectivity index (χ3n) is 9.08. The monoisotopic (exact) mass is 570 g/mol. The van der Waals surface area contributed by atoms with Gasteiger partial charge in [0.1, 0.15) is 24.2 Å². The Morgan fingerprint density at radius 3 is 2.34 bits per heavy atom. The highest BCUT2D eigenvalue weighted by molar-refractivity contribution is 5.87. The van der Waals surface area contributed by atoms with Gasteiger partial charge in [-0.2, -0.15) is 0 Å². The Morgan fingerprint density at radius 1 is 1.00 bits per heavy atom. The van der Waals surface area contributed by atoms with E-state index in [1.54, 1.807) is 6.08 Å². The molecule has 9 heteroatoms. The second-order valence-corrected chi connectivity index (χ2v) is 12.2. The van der Waals surface area contributed by atoms with Gasteiger partial charge in [0.25, 0.3) is 0 Å². The predicted octanol–water partition coefficient (Wildman–Crippen LogP) is 4.80. The number of hydrogen-bond acceptors (Lipinski definition) is 9. The molecule has 2 aliphatic carbocycles. The van der Waals surface area contributed by atoms with Crippen LogP contribution in [-0.4, -0.2) is 60.0 Å². The van der Waals surface area contributed by atoms with Crippen molar-refractivity contribution in [1.82, 2.24) is 0 Å². The Kier molecular flexibility index (Phi) is 8.97. The highest BCUT2D eigenvalue weighted by Gasteiger charge is 2.78. The molecule has 2 saturated carbocycles. The number of ether oxygens (including phenoxy) is 5. The molecule has 1 saturated heterocycles. The van der Waals surface area contributed by atoms with Crippen LogP contribution < -0.4 is 0 Å². The average molecular weight is 571 g/mol. The van der Waals surface area contributed by atoms with E-state index in [1.807, 2.05) is 58.0 Å². The molecule has 1 heterocycles. The maximum atomic E-state index is 13.3. The summed E-state index contributed by atoms with van der Waals surface area (Å²) in [6.45, 7) is 10.2. The van der Waals surface area contributed by atoms with Crippen molar-refractivity contribution in [3.05, 3.63) is 42.0 Å². The van der Waals surface area contributed by atoms with Crippen molar-refractivity contribution < 1.29 is 42.9 Å². The van der Waals surface area contributed by atoms with Crippen LogP contribution in [0.5, 0.6) is 0 Å². The lowest BCUT2D eigenvalue weighted by atomic mass is 9.49. The van der Waals surface area contributed by atoms with Crippen molar-refractivity contribution in [2.24, 2.45) is 17.3 Å². The Hall–Kier alpha value is -3.20. The van der Waals surface area contributed by atoms with Crippen molar-refractivity contribution in [3.8, 4) is 0 Å². The van der Waals surface area contributed by atoms with Gasteiger partial charge >= 0.3 is 23.9 Å². The van der Waals surface area contributed by atoms with Gasteiger partial charge in [-0.05, 0) is 63.0 Å². The van der Waals surface area contributed by atoms with Crippen LogP contribution in [0.15, 0.2) is 36.4 Å². The molecule has 4 rings (SSSR count). The smallest absolute Gasteiger partial charge is 0.331 e. The van der Waals surface area contributed by atoms with Gasteiger partial charge in [-0.25, -0.2) is 4.79 Å². The summed E-state index contributed by atoms with van der Waals surface area (Å²) < 4.78 is 30.8. The summed E-state index contributed by atoms with van der Waals surface area (Å²) in [4.78, 5) is 50.9. The van der Waals surface area contributed by atoms with E-state index in [1.165, 1.54) is 19.9 Å². The van der Waals surface area contributed by atoms with Gasteiger partial charge in [0.15, 0.2) is 6.10 Å². The molecule has 7 unspecified atom stereocenters. The molecule has 0 radical (unpaired) electrons. The van der Waals surface area contributed by atoms with Crippen molar-refractivity contribution in [1.29, 1.82) is 0 Å². The highest BCUT2D eigenvalue weighted by Crippen LogP contribution is 2.67. The lowest BCUT2D eigenvalue weighted by Gasteiger charge is -2.62. The summed E-state index contributed by atoms with van der Waals surface area (Å²) in [6, 6.07) is 9.36. The third kappa shape index (κ3) is 5.92. The van der Waals surface area contributed by atoms with E-state index in [-0.39, 0.29) is 24.9 Å². The molecule has 7 atom stereocenters. The molecule has 0 N–H and O–H groups in total. The molecule has 41 heavy (non-hydrogen) atoms. The topological polar surface area (TPSA) is 114 Å². The molecular formula is C32H42O9. The zero-order chi connectivity index (χ0) is 30.0. The first kappa shape index (κ1) is 30.8. The molecule has 3 fully saturated rings. The molecule has 1 spiro atoms. The van der Waals surface area contributed by atoms with Crippen LogP contribution in [0.25, 0.3) is 6.08 Å². The lowest BCUT2D eigenvalue weighted by Crippen LogP contribution is -2.74. The summed E-state index contributed by atoms with van der Waals surface area (Å²) in [5.74, 6) is -2.33. The quantitative estimate of drug-likeness (QED) is 0.235. The zero-order valence-corrected chi connectivity index (χ0v) is 24.8. The molecule has 0 aromatic heterocycles. The summed E-state index contributed by atoms with van der Waals surface area (Å²) in [5, 5.41) is 0. The standard InChI is InChI=1S/C32H42O9/c1-7-11-27(35)39-25-16-20(2)32-18-24(30(5,6)41-32)17-26(40-28(36)15-14-23-12-9-8-10-13-23)31(32,19-37-21(3)33)29(25)38-22(4)34/h8-10,12-15,20,24-26,29H,7,11,16-19H2,1-6H3. The number of carbonyl (C=O) groups excluding carboxylic acids is 4. The van der Waals surface area contributed by atoms with E-state index < -0.39 is 58.8 Å². The highest BCUT2D eigenvalue weighted by atomic mass is 16.6. The predicted molar refractivity (Wildman–Crippen MR) is 149 cm³/mol. The fourth-order valence-corrected chi connectivity index (χ4v) is 7.26. The van der Waals surface area contributed by atoms with E-state index >= 15 is 0 Å². The fourth-order valence-electron chi connectivity index (χ4n) is 7.26. The largest absolute Gasteiger partial charge is 0.465 e. The molecule has 3 aliphatic rings. The average Bonchev–Trinajstić information content (AvgIpc) is 3.13. The minimum atomic E-state index is -1.33. The Bertz CT molecular complexity index is 1170. The van der Waals surface area contributed by atoms with Crippen LogP contribution in [0.1, 0.15) is 79.2 Å². The number of rotatable bonds is 9. The SMILES string of the molecule is CCCC(=O)OC1CC(C)C23CC(CC(OC(=O)C=Cc4ccccc4)C2(COC(C)=O)C1OC(C)=O)C(C)(C)O3. The molecule has 1 aromatic carbocycles. The minimum Gasteiger partial charge on any atom is -0.465 e. The van der Waals surface area contributed by atoms with Crippen LogP contribution in [-0.2, 0) is 42.9 Å².